The highest BCUT2D eigenvalue weighted by atomic mass is 32.1. The first-order valence-corrected chi connectivity index (χ1v) is 12.5. The molecule has 1 aromatic rings. The monoisotopic (exact) mass is 397 g/mol. The van der Waals surface area contributed by atoms with E-state index < -0.39 is 0 Å². The molecule has 4 nitrogen and oxygen atoms in total. The van der Waals surface area contributed by atoms with Gasteiger partial charge in [-0.15, -0.1) is 10.2 Å². The van der Waals surface area contributed by atoms with E-state index in [9.17, 15) is 4.79 Å². The molecular weight excluding hydrogens is 366 g/mol. The predicted molar refractivity (Wildman–Crippen MR) is 109 cm³/mol. The maximum Gasteiger partial charge on any atom is 0.232 e. The number of carbonyl (C=O) groups excluding carboxylic acids is 1. The molecule has 28 heavy (non-hydrogen) atoms. The molecule has 0 saturated heterocycles. The van der Waals surface area contributed by atoms with Crippen LogP contribution in [0, 0.1) is 40.9 Å². The van der Waals surface area contributed by atoms with Crippen molar-refractivity contribution in [2.75, 3.05) is 5.32 Å². The lowest BCUT2D eigenvalue weighted by Gasteiger charge is -2.55. The van der Waals surface area contributed by atoms with E-state index in [2.05, 4.69) is 15.5 Å². The number of hydrogen-bond donors (Lipinski definition) is 1. The molecule has 0 atom stereocenters. The second-order valence-electron chi connectivity index (χ2n) is 11.8. The lowest BCUT2D eigenvalue weighted by atomic mass is 9.49. The summed E-state index contributed by atoms with van der Waals surface area (Å²) in [6.07, 6.45) is 15.8. The van der Waals surface area contributed by atoms with Gasteiger partial charge in [0.1, 0.15) is 5.01 Å². The highest BCUT2D eigenvalue weighted by molar-refractivity contribution is 7.15. The van der Waals surface area contributed by atoms with E-state index in [1.54, 1.807) is 11.3 Å². The highest BCUT2D eigenvalue weighted by Crippen LogP contribution is 2.62. The first-order valence-electron chi connectivity index (χ1n) is 11.7. The molecule has 0 unspecified atom stereocenters. The summed E-state index contributed by atoms with van der Waals surface area (Å²) in [6, 6.07) is 0. The van der Waals surface area contributed by atoms with Crippen molar-refractivity contribution in [1.82, 2.24) is 10.2 Å². The smallest absolute Gasteiger partial charge is 0.232 e. The molecule has 9 rings (SSSR count). The van der Waals surface area contributed by atoms with Crippen molar-refractivity contribution in [1.29, 1.82) is 0 Å². The van der Waals surface area contributed by atoms with Crippen LogP contribution in [0.3, 0.4) is 0 Å². The number of nitrogens with zero attached hydrogens (tertiary/aromatic N) is 2. The number of amides is 1. The Kier molecular flexibility index (Phi) is 3.35. The van der Waals surface area contributed by atoms with Gasteiger partial charge in [-0.25, -0.2) is 0 Å². The molecule has 0 aliphatic heterocycles. The van der Waals surface area contributed by atoms with E-state index in [0.29, 0.717) is 0 Å². The highest BCUT2D eigenvalue weighted by Gasteiger charge is 2.55. The summed E-state index contributed by atoms with van der Waals surface area (Å²) in [5.41, 5.74) is 0.192. The summed E-state index contributed by atoms with van der Waals surface area (Å²) in [4.78, 5) is 13.4. The predicted octanol–water partition coefficient (Wildman–Crippen LogP) is 5.16. The van der Waals surface area contributed by atoms with E-state index in [0.717, 1.165) is 59.9 Å². The minimum Gasteiger partial charge on any atom is -0.300 e. The number of nitrogens with one attached hydrogen (secondary N) is 1. The van der Waals surface area contributed by atoms with Crippen molar-refractivity contribution in [2.24, 2.45) is 40.9 Å². The third-order valence-corrected chi connectivity index (χ3v) is 10.7. The van der Waals surface area contributed by atoms with Gasteiger partial charge in [-0.2, -0.15) is 0 Å². The Balaban J connectivity index is 1.12. The number of carbonyl (C=O) groups is 1. The van der Waals surface area contributed by atoms with Gasteiger partial charge in [-0.05, 0) is 113 Å². The summed E-state index contributed by atoms with van der Waals surface area (Å²) in [5.74, 6) is 5.41. The SMILES string of the molecule is O=C(Nc1nnc(C23CC4CC(CC(C4)C2)C3)s1)C12CC3CC(CC(C3)C1)C2. The van der Waals surface area contributed by atoms with Gasteiger partial charge < -0.3 is 5.32 Å². The van der Waals surface area contributed by atoms with Gasteiger partial charge in [0.2, 0.25) is 11.0 Å². The van der Waals surface area contributed by atoms with Crippen molar-refractivity contribution in [3.8, 4) is 0 Å². The van der Waals surface area contributed by atoms with Crippen LogP contribution in [0.15, 0.2) is 0 Å². The van der Waals surface area contributed by atoms with Crippen molar-refractivity contribution in [2.45, 2.75) is 82.5 Å². The first-order chi connectivity index (χ1) is 13.6. The van der Waals surface area contributed by atoms with Crippen molar-refractivity contribution < 1.29 is 4.79 Å². The summed E-state index contributed by atoms with van der Waals surface area (Å²) < 4.78 is 0. The molecule has 5 heteroatoms. The van der Waals surface area contributed by atoms with Crippen molar-refractivity contribution >= 4 is 22.4 Å². The molecule has 0 spiro atoms. The maximum absolute atomic E-state index is 13.4. The fourth-order valence-electron chi connectivity index (χ4n) is 9.48. The fourth-order valence-corrected chi connectivity index (χ4v) is 10.4. The Labute approximate surface area is 171 Å². The number of hydrogen-bond acceptors (Lipinski definition) is 4. The van der Waals surface area contributed by atoms with Crippen molar-refractivity contribution in [3.63, 3.8) is 0 Å². The second-order valence-corrected chi connectivity index (χ2v) is 12.7. The zero-order valence-corrected chi connectivity index (χ0v) is 17.5. The molecule has 8 fully saturated rings. The van der Waals surface area contributed by atoms with Gasteiger partial charge in [0, 0.05) is 5.41 Å². The van der Waals surface area contributed by atoms with E-state index in [4.69, 9.17) is 0 Å². The lowest BCUT2D eigenvalue weighted by molar-refractivity contribution is -0.140. The van der Waals surface area contributed by atoms with Crippen LogP contribution < -0.4 is 5.32 Å². The van der Waals surface area contributed by atoms with Crippen LogP contribution in [0.4, 0.5) is 5.13 Å². The quantitative estimate of drug-likeness (QED) is 0.766. The summed E-state index contributed by atoms with van der Waals surface area (Å²) >= 11 is 1.70. The zero-order valence-electron chi connectivity index (χ0n) is 16.7. The standard InChI is InChI=1S/C23H31N3OS/c27-19(22-7-13-1-14(8-22)3-15(2-13)9-22)24-21-26-25-20(28-21)23-10-16-4-17(11-23)6-18(5-16)12-23/h13-18H,1-12H2,(H,24,26,27). The third kappa shape index (κ3) is 2.37. The Morgan fingerprint density at radius 2 is 1.21 bits per heavy atom. The van der Waals surface area contributed by atoms with E-state index in [1.807, 2.05) is 0 Å². The molecule has 0 aromatic carbocycles. The molecule has 8 saturated carbocycles. The maximum atomic E-state index is 13.4. The first kappa shape index (κ1) is 16.8. The van der Waals surface area contributed by atoms with Crippen LogP contribution in [0.1, 0.15) is 82.1 Å². The average Bonchev–Trinajstić information content (AvgIpc) is 3.09. The van der Waals surface area contributed by atoms with Crippen LogP contribution in [0.25, 0.3) is 0 Å². The van der Waals surface area contributed by atoms with Gasteiger partial charge in [0.05, 0.1) is 5.41 Å². The van der Waals surface area contributed by atoms with Crippen LogP contribution in [0.5, 0.6) is 0 Å². The minimum atomic E-state index is -0.0960. The molecule has 0 radical (unpaired) electrons. The van der Waals surface area contributed by atoms with Crippen molar-refractivity contribution in [3.05, 3.63) is 5.01 Å². The minimum absolute atomic E-state index is 0.0960. The number of rotatable bonds is 3. The lowest BCUT2D eigenvalue weighted by Crippen LogP contribution is -2.51. The van der Waals surface area contributed by atoms with Crippen LogP contribution in [-0.2, 0) is 10.2 Å². The number of anilines is 1. The summed E-state index contributed by atoms with van der Waals surface area (Å²) in [6.45, 7) is 0. The molecule has 1 heterocycles. The molecular formula is C23H31N3OS. The van der Waals surface area contributed by atoms with Gasteiger partial charge in [0.25, 0.3) is 0 Å². The molecule has 8 aliphatic carbocycles. The Bertz CT molecular complexity index is 759. The van der Waals surface area contributed by atoms with Crippen LogP contribution >= 0.6 is 11.3 Å². The zero-order chi connectivity index (χ0) is 18.5. The third-order valence-electron chi connectivity index (χ3n) is 9.66. The van der Waals surface area contributed by atoms with E-state index in [1.165, 1.54) is 62.8 Å². The van der Waals surface area contributed by atoms with Crippen LogP contribution in [-0.4, -0.2) is 16.1 Å². The number of aromatic nitrogens is 2. The molecule has 1 aromatic heterocycles. The second kappa shape index (κ2) is 5.59. The Hall–Kier alpha value is -0.970. The molecule has 1 N–H and O–H groups in total. The Morgan fingerprint density at radius 1 is 0.750 bits per heavy atom. The largest absolute Gasteiger partial charge is 0.300 e. The van der Waals surface area contributed by atoms with Crippen LogP contribution in [0.2, 0.25) is 0 Å². The van der Waals surface area contributed by atoms with E-state index in [-0.39, 0.29) is 16.7 Å². The summed E-state index contributed by atoms with van der Waals surface area (Å²) in [7, 11) is 0. The van der Waals surface area contributed by atoms with Gasteiger partial charge >= 0.3 is 0 Å². The van der Waals surface area contributed by atoms with Gasteiger partial charge in [0.15, 0.2) is 0 Å². The molecule has 150 valence electrons. The summed E-state index contributed by atoms with van der Waals surface area (Å²) in [5, 5.41) is 14.4. The molecule has 8 bridgehead atoms. The molecule has 1 amide bonds. The van der Waals surface area contributed by atoms with Gasteiger partial charge in [-0.3, -0.25) is 4.79 Å². The normalized spacial score (nSPS) is 50.3. The average molecular weight is 398 g/mol. The van der Waals surface area contributed by atoms with E-state index >= 15 is 0 Å². The van der Waals surface area contributed by atoms with Gasteiger partial charge in [-0.1, -0.05) is 11.3 Å². The molecule has 8 aliphatic rings. The Morgan fingerprint density at radius 3 is 1.71 bits per heavy atom. The fraction of sp³-hybridized carbons (Fsp3) is 0.870. The topological polar surface area (TPSA) is 54.9 Å².